The van der Waals surface area contributed by atoms with Crippen molar-refractivity contribution in [1.82, 2.24) is 9.88 Å². The van der Waals surface area contributed by atoms with Crippen LogP contribution in [0.3, 0.4) is 0 Å². The van der Waals surface area contributed by atoms with Crippen molar-refractivity contribution >= 4 is 27.8 Å². The van der Waals surface area contributed by atoms with Crippen LogP contribution >= 0.6 is 15.9 Å². The van der Waals surface area contributed by atoms with E-state index in [2.05, 4.69) is 21.2 Å². The number of carboxylic acids is 1. The lowest BCUT2D eigenvalue weighted by atomic mass is 10.2. The van der Waals surface area contributed by atoms with Crippen LogP contribution in [0.15, 0.2) is 16.7 Å². The molecule has 1 rings (SSSR count). The van der Waals surface area contributed by atoms with Crippen LogP contribution in [0, 0.1) is 0 Å². The fourth-order valence-corrected chi connectivity index (χ4v) is 2.12. The Balaban J connectivity index is 2.78. The number of carbonyl (C=O) groups excluding carboxylic acids is 1. The second-order valence-corrected chi connectivity index (χ2v) is 4.89. The van der Waals surface area contributed by atoms with E-state index in [1.807, 2.05) is 6.92 Å². The van der Waals surface area contributed by atoms with Crippen molar-refractivity contribution in [2.24, 2.45) is 0 Å². The molecule has 19 heavy (non-hydrogen) atoms. The molecule has 0 saturated carbocycles. The Morgan fingerprint density at radius 2 is 2.26 bits per heavy atom. The molecule has 0 aliphatic rings. The molecule has 1 aromatic heterocycles. The van der Waals surface area contributed by atoms with Gasteiger partial charge < -0.3 is 19.7 Å². The van der Waals surface area contributed by atoms with Crippen LogP contribution < -0.4 is 5.32 Å². The molecule has 0 bridgehead atoms. The van der Waals surface area contributed by atoms with Gasteiger partial charge >= 0.3 is 5.97 Å². The molecule has 1 heterocycles. The third kappa shape index (κ3) is 4.36. The number of nitrogens with zero attached hydrogens (tertiary/aromatic N) is 1. The standard InChI is InChI=1S/C12H17BrN2O4/c1-3-15-7-8(13)6-10(15)11(16)14-9(12(17)18)4-5-19-2/h6-7,9H,3-5H2,1-2H3,(H,14,16)(H,17,18). The van der Waals surface area contributed by atoms with Crippen LogP contribution in [-0.4, -0.2) is 41.3 Å². The van der Waals surface area contributed by atoms with E-state index in [1.54, 1.807) is 16.8 Å². The first kappa shape index (κ1) is 15.7. The van der Waals surface area contributed by atoms with Crippen molar-refractivity contribution in [3.8, 4) is 0 Å². The molecule has 0 radical (unpaired) electrons. The number of methoxy groups -OCH3 is 1. The number of rotatable bonds is 7. The number of carbonyl (C=O) groups is 2. The van der Waals surface area contributed by atoms with Crippen molar-refractivity contribution in [1.29, 1.82) is 0 Å². The predicted molar refractivity (Wildman–Crippen MR) is 73.2 cm³/mol. The highest BCUT2D eigenvalue weighted by atomic mass is 79.9. The Morgan fingerprint density at radius 1 is 1.58 bits per heavy atom. The first-order valence-electron chi connectivity index (χ1n) is 5.87. The normalized spacial score (nSPS) is 12.2. The van der Waals surface area contributed by atoms with Crippen molar-refractivity contribution < 1.29 is 19.4 Å². The van der Waals surface area contributed by atoms with E-state index in [1.165, 1.54) is 7.11 Å². The van der Waals surface area contributed by atoms with E-state index >= 15 is 0 Å². The molecule has 2 N–H and O–H groups in total. The lowest BCUT2D eigenvalue weighted by Crippen LogP contribution is -2.42. The van der Waals surface area contributed by atoms with Gasteiger partial charge in [-0.1, -0.05) is 0 Å². The van der Waals surface area contributed by atoms with Gasteiger partial charge in [0.2, 0.25) is 0 Å². The largest absolute Gasteiger partial charge is 0.480 e. The van der Waals surface area contributed by atoms with E-state index in [4.69, 9.17) is 9.84 Å². The minimum atomic E-state index is -1.07. The van der Waals surface area contributed by atoms with E-state index in [0.29, 0.717) is 12.2 Å². The summed E-state index contributed by atoms with van der Waals surface area (Å²) in [6, 6.07) is 0.708. The second kappa shape index (κ2) is 7.30. The SMILES string of the molecule is CCn1cc(Br)cc1C(=O)NC(CCOC)C(=O)O. The smallest absolute Gasteiger partial charge is 0.326 e. The Hall–Kier alpha value is -1.34. The molecular formula is C12H17BrN2O4. The number of hydrogen-bond acceptors (Lipinski definition) is 3. The van der Waals surface area contributed by atoms with Crippen molar-refractivity contribution in [3.63, 3.8) is 0 Å². The fraction of sp³-hybridized carbons (Fsp3) is 0.500. The highest BCUT2D eigenvalue weighted by Crippen LogP contribution is 2.15. The summed E-state index contributed by atoms with van der Waals surface area (Å²) in [6.07, 6.45) is 2.01. The summed E-state index contributed by atoms with van der Waals surface area (Å²) in [5, 5.41) is 11.5. The molecule has 0 saturated heterocycles. The molecule has 1 aromatic rings. The minimum absolute atomic E-state index is 0.228. The minimum Gasteiger partial charge on any atom is -0.480 e. The first-order valence-corrected chi connectivity index (χ1v) is 6.67. The van der Waals surface area contributed by atoms with Gasteiger partial charge in [0.05, 0.1) is 0 Å². The maximum Gasteiger partial charge on any atom is 0.326 e. The number of nitrogens with one attached hydrogen (secondary N) is 1. The van der Waals surface area contributed by atoms with Crippen LogP contribution in [0.5, 0.6) is 0 Å². The monoisotopic (exact) mass is 332 g/mol. The molecule has 0 aliphatic heterocycles. The molecule has 0 aliphatic carbocycles. The average molecular weight is 333 g/mol. The van der Waals surface area contributed by atoms with Gasteiger partial charge in [-0.15, -0.1) is 0 Å². The van der Waals surface area contributed by atoms with Gasteiger partial charge in [0, 0.05) is 37.4 Å². The van der Waals surface area contributed by atoms with E-state index in [0.717, 1.165) is 4.47 Å². The number of aryl methyl sites for hydroxylation is 1. The number of carboxylic acid groups (broad SMARTS) is 1. The lowest BCUT2D eigenvalue weighted by Gasteiger charge is -2.14. The Kier molecular flexibility index (Phi) is 6.04. The summed E-state index contributed by atoms with van der Waals surface area (Å²) >= 11 is 3.29. The average Bonchev–Trinajstić information content (AvgIpc) is 2.75. The number of halogens is 1. The van der Waals surface area contributed by atoms with Gasteiger partial charge in [-0.2, -0.15) is 0 Å². The molecule has 0 spiro atoms. The number of aliphatic carboxylic acids is 1. The van der Waals surface area contributed by atoms with Gasteiger partial charge in [-0.3, -0.25) is 4.79 Å². The zero-order chi connectivity index (χ0) is 14.4. The molecule has 7 heteroatoms. The summed E-state index contributed by atoms with van der Waals surface area (Å²) in [4.78, 5) is 23.1. The topological polar surface area (TPSA) is 80.6 Å². The molecule has 0 aromatic carbocycles. The molecule has 1 amide bonds. The molecule has 6 nitrogen and oxygen atoms in total. The van der Waals surface area contributed by atoms with E-state index < -0.39 is 17.9 Å². The van der Waals surface area contributed by atoms with Gasteiger partial charge in [0.25, 0.3) is 5.91 Å². The van der Waals surface area contributed by atoms with Crippen molar-refractivity contribution in [2.75, 3.05) is 13.7 Å². The first-order chi connectivity index (χ1) is 8.99. The van der Waals surface area contributed by atoms with Gasteiger partial charge in [0.1, 0.15) is 11.7 Å². The Labute approximate surface area is 119 Å². The van der Waals surface area contributed by atoms with Crippen molar-refractivity contribution in [2.45, 2.75) is 25.9 Å². The molecule has 1 unspecified atom stereocenters. The van der Waals surface area contributed by atoms with Crippen LogP contribution in [0.2, 0.25) is 0 Å². The number of ether oxygens (including phenoxy) is 1. The van der Waals surface area contributed by atoms with Crippen LogP contribution in [0.4, 0.5) is 0 Å². The Morgan fingerprint density at radius 3 is 2.79 bits per heavy atom. The molecular weight excluding hydrogens is 316 g/mol. The molecule has 1 atom stereocenters. The summed E-state index contributed by atoms with van der Waals surface area (Å²) in [7, 11) is 1.49. The van der Waals surface area contributed by atoms with Crippen LogP contribution in [-0.2, 0) is 16.1 Å². The summed E-state index contributed by atoms with van der Waals surface area (Å²) < 4.78 is 7.36. The highest BCUT2D eigenvalue weighted by Gasteiger charge is 2.22. The number of aromatic nitrogens is 1. The van der Waals surface area contributed by atoms with Crippen LogP contribution in [0.25, 0.3) is 0 Å². The Bertz CT molecular complexity index is 459. The summed E-state index contributed by atoms with van der Waals surface area (Å²) in [5.74, 6) is -1.48. The highest BCUT2D eigenvalue weighted by molar-refractivity contribution is 9.10. The third-order valence-electron chi connectivity index (χ3n) is 2.65. The fourth-order valence-electron chi connectivity index (χ4n) is 1.65. The maximum atomic E-state index is 12.1. The number of hydrogen-bond donors (Lipinski definition) is 2. The maximum absolute atomic E-state index is 12.1. The molecule has 106 valence electrons. The predicted octanol–water partition coefficient (Wildman–Crippen LogP) is 1.49. The van der Waals surface area contributed by atoms with E-state index in [-0.39, 0.29) is 13.0 Å². The van der Waals surface area contributed by atoms with Crippen molar-refractivity contribution in [3.05, 3.63) is 22.4 Å². The van der Waals surface area contributed by atoms with Gasteiger partial charge in [-0.25, -0.2) is 4.79 Å². The quantitative estimate of drug-likeness (QED) is 0.792. The number of amides is 1. The van der Waals surface area contributed by atoms with E-state index in [9.17, 15) is 9.59 Å². The summed E-state index contributed by atoms with van der Waals surface area (Å²) in [6.45, 7) is 2.81. The lowest BCUT2D eigenvalue weighted by molar-refractivity contribution is -0.139. The second-order valence-electron chi connectivity index (χ2n) is 3.98. The zero-order valence-corrected chi connectivity index (χ0v) is 12.4. The molecule has 0 fully saturated rings. The van der Waals surface area contributed by atoms with Gasteiger partial charge in [-0.05, 0) is 28.9 Å². The third-order valence-corrected chi connectivity index (χ3v) is 3.08. The van der Waals surface area contributed by atoms with Gasteiger partial charge in [0.15, 0.2) is 0 Å². The summed E-state index contributed by atoms with van der Waals surface area (Å²) in [5.41, 5.74) is 0.429. The zero-order valence-electron chi connectivity index (χ0n) is 10.9. The van der Waals surface area contributed by atoms with Crippen LogP contribution in [0.1, 0.15) is 23.8 Å².